The highest BCUT2D eigenvalue weighted by Gasteiger charge is 2.45. The molecule has 0 aromatic carbocycles. The predicted octanol–water partition coefficient (Wildman–Crippen LogP) is 3.74. The second-order valence-corrected chi connectivity index (χ2v) is 7.76. The van der Waals surface area contributed by atoms with E-state index in [2.05, 4.69) is 10.3 Å². The lowest BCUT2D eigenvalue weighted by molar-refractivity contribution is -0.182. The van der Waals surface area contributed by atoms with Crippen LogP contribution < -0.4 is 5.32 Å². The molecule has 120 valence electrons. The van der Waals surface area contributed by atoms with Crippen molar-refractivity contribution in [1.29, 1.82) is 0 Å². The number of hydrogen-bond acceptors (Lipinski definition) is 3. The van der Waals surface area contributed by atoms with E-state index in [1.807, 2.05) is 20.8 Å². The van der Waals surface area contributed by atoms with Crippen molar-refractivity contribution in [1.82, 2.24) is 5.32 Å². The average molecular weight is 322 g/mol. The molecular formula is C14H21F3N2OS. The normalized spacial score (nSPS) is 34.2. The lowest BCUT2D eigenvalue weighted by Crippen LogP contribution is -2.39. The smallest absolute Gasteiger partial charge is 0.362 e. The van der Waals surface area contributed by atoms with E-state index in [9.17, 15) is 18.0 Å². The summed E-state index contributed by atoms with van der Waals surface area (Å²) in [5.74, 6) is -1.19. The van der Waals surface area contributed by atoms with E-state index in [4.69, 9.17) is 0 Å². The Labute approximate surface area is 127 Å². The van der Waals surface area contributed by atoms with Gasteiger partial charge in [-0.3, -0.25) is 4.79 Å². The Hall–Kier alpha value is -0.720. The number of carbonyl (C=O) groups is 1. The van der Waals surface area contributed by atoms with Crippen LogP contribution in [0.2, 0.25) is 0 Å². The number of nitrogens with one attached hydrogen (secondary N) is 1. The number of alkyl halides is 3. The second-order valence-electron chi connectivity index (χ2n) is 6.32. The van der Waals surface area contributed by atoms with E-state index >= 15 is 0 Å². The second kappa shape index (κ2) is 5.82. The summed E-state index contributed by atoms with van der Waals surface area (Å²) in [6, 6.07) is -0.0165. The molecule has 3 nitrogen and oxygen atoms in total. The van der Waals surface area contributed by atoms with E-state index in [-0.39, 0.29) is 30.7 Å². The fraction of sp³-hybridized carbons (Fsp3) is 0.857. The molecule has 1 saturated carbocycles. The molecule has 7 heteroatoms. The number of amides is 1. The van der Waals surface area contributed by atoms with Gasteiger partial charge < -0.3 is 5.32 Å². The number of hydrogen-bond donors (Lipinski definition) is 1. The van der Waals surface area contributed by atoms with Crippen LogP contribution in [0.3, 0.4) is 0 Å². The van der Waals surface area contributed by atoms with Gasteiger partial charge in [0.25, 0.3) is 5.91 Å². The first-order chi connectivity index (χ1) is 9.63. The predicted molar refractivity (Wildman–Crippen MR) is 78.2 cm³/mol. The number of thioether (sulfide) groups is 1. The lowest BCUT2D eigenvalue weighted by Gasteiger charge is -2.31. The fourth-order valence-corrected chi connectivity index (χ4v) is 3.76. The minimum atomic E-state index is -4.09. The third-order valence-corrected chi connectivity index (χ3v) is 6.03. The SMILES string of the molecule is CC(C)[C@]1(C)SC(N[C@H]2CC[C@H](C(F)(F)F)CC2)=NC1=O. The van der Waals surface area contributed by atoms with Gasteiger partial charge in [-0.25, -0.2) is 0 Å². The van der Waals surface area contributed by atoms with Crippen molar-refractivity contribution in [2.75, 3.05) is 0 Å². The highest BCUT2D eigenvalue weighted by Crippen LogP contribution is 2.41. The van der Waals surface area contributed by atoms with Crippen LogP contribution in [-0.2, 0) is 4.79 Å². The molecular weight excluding hydrogens is 301 g/mol. The minimum absolute atomic E-state index is 0.0165. The van der Waals surface area contributed by atoms with Crippen molar-refractivity contribution in [3.8, 4) is 0 Å². The number of aliphatic imine (C=N–C) groups is 1. The zero-order chi connectivity index (χ0) is 15.8. The quantitative estimate of drug-likeness (QED) is 0.842. The van der Waals surface area contributed by atoms with Crippen LogP contribution in [0, 0.1) is 11.8 Å². The molecule has 0 unspecified atom stereocenters. The molecule has 0 aromatic rings. The van der Waals surface area contributed by atoms with Crippen LogP contribution in [0.15, 0.2) is 4.99 Å². The van der Waals surface area contributed by atoms with Crippen LogP contribution in [0.4, 0.5) is 13.2 Å². The number of amidine groups is 1. The molecule has 1 amide bonds. The van der Waals surface area contributed by atoms with E-state index in [0.29, 0.717) is 18.0 Å². The molecule has 0 bridgehead atoms. The Kier molecular flexibility index (Phi) is 4.61. The summed E-state index contributed by atoms with van der Waals surface area (Å²) in [5, 5.41) is 3.72. The van der Waals surface area contributed by atoms with Crippen molar-refractivity contribution in [3.05, 3.63) is 0 Å². The fourth-order valence-electron chi connectivity index (χ4n) is 2.64. The molecule has 1 N–H and O–H groups in total. The molecule has 2 aliphatic rings. The van der Waals surface area contributed by atoms with Gasteiger partial charge in [-0.05, 0) is 38.5 Å². The maximum absolute atomic E-state index is 12.6. The molecule has 1 aliphatic heterocycles. The van der Waals surface area contributed by atoms with Gasteiger partial charge in [0.15, 0.2) is 5.17 Å². The number of rotatable bonds is 2. The van der Waals surface area contributed by atoms with Crippen molar-refractivity contribution in [2.24, 2.45) is 16.8 Å². The molecule has 1 atom stereocenters. The Morgan fingerprint density at radius 1 is 1.29 bits per heavy atom. The highest BCUT2D eigenvalue weighted by atomic mass is 32.2. The van der Waals surface area contributed by atoms with Gasteiger partial charge in [0.05, 0.1) is 5.92 Å². The van der Waals surface area contributed by atoms with E-state index in [1.165, 1.54) is 11.8 Å². The maximum atomic E-state index is 12.6. The van der Waals surface area contributed by atoms with Gasteiger partial charge in [-0.2, -0.15) is 18.2 Å². The first-order valence-electron chi connectivity index (χ1n) is 7.28. The molecule has 0 aromatic heterocycles. The number of nitrogens with zero attached hydrogens (tertiary/aromatic N) is 1. The number of halogens is 3. The summed E-state index contributed by atoms with van der Waals surface area (Å²) in [6.07, 6.45) is -2.85. The maximum Gasteiger partial charge on any atom is 0.391 e. The highest BCUT2D eigenvalue weighted by molar-refractivity contribution is 8.16. The largest absolute Gasteiger partial charge is 0.391 e. The molecule has 1 heterocycles. The Balaban J connectivity index is 1.88. The van der Waals surface area contributed by atoms with Crippen LogP contribution in [-0.4, -0.2) is 28.0 Å². The summed E-state index contributed by atoms with van der Waals surface area (Å²) in [6.45, 7) is 5.80. The molecule has 21 heavy (non-hydrogen) atoms. The lowest BCUT2D eigenvalue weighted by atomic mass is 9.86. The standard InChI is InChI=1S/C14H21F3N2OS/c1-8(2)13(3)11(20)19-12(21-13)18-10-6-4-9(5-7-10)14(15,16)17/h8-10H,4-7H2,1-3H3,(H,18,19,20)/t9-,10-,13-/m0/s1. The summed E-state index contributed by atoms with van der Waals surface area (Å²) < 4.78 is 37.3. The van der Waals surface area contributed by atoms with Crippen molar-refractivity contribution in [2.45, 2.75) is 63.4 Å². The third kappa shape index (κ3) is 3.55. The van der Waals surface area contributed by atoms with E-state index in [1.54, 1.807) is 0 Å². The van der Waals surface area contributed by atoms with Gasteiger partial charge in [0.1, 0.15) is 4.75 Å². The van der Waals surface area contributed by atoms with E-state index < -0.39 is 16.8 Å². The van der Waals surface area contributed by atoms with Crippen molar-refractivity contribution < 1.29 is 18.0 Å². The van der Waals surface area contributed by atoms with Crippen LogP contribution in [0.5, 0.6) is 0 Å². The molecule has 2 rings (SSSR count). The van der Waals surface area contributed by atoms with Gasteiger partial charge in [-0.15, -0.1) is 0 Å². The van der Waals surface area contributed by atoms with Crippen molar-refractivity contribution >= 4 is 22.8 Å². The van der Waals surface area contributed by atoms with Crippen LogP contribution >= 0.6 is 11.8 Å². The van der Waals surface area contributed by atoms with Gasteiger partial charge in [0.2, 0.25) is 0 Å². The monoisotopic (exact) mass is 322 g/mol. The van der Waals surface area contributed by atoms with Gasteiger partial charge in [0, 0.05) is 6.04 Å². The Morgan fingerprint density at radius 3 is 2.29 bits per heavy atom. The third-order valence-electron chi connectivity index (χ3n) is 4.56. The van der Waals surface area contributed by atoms with Crippen LogP contribution in [0.25, 0.3) is 0 Å². The molecule has 0 saturated heterocycles. The summed E-state index contributed by atoms with van der Waals surface area (Å²) in [7, 11) is 0. The minimum Gasteiger partial charge on any atom is -0.362 e. The zero-order valence-electron chi connectivity index (χ0n) is 12.5. The molecule has 1 aliphatic carbocycles. The topological polar surface area (TPSA) is 41.5 Å². The molecule has 0 radical (unpaired) electrons. The average Bonchev–Trinajstić information content (AvgIpc) is 2.65. The van der Waals surface area contributed by atoms with E-state index in [0.717, 1.165) is 0 Å². The summed E-state index contributed by atoms with van der Waals surface area (Å²) in [4.78, 5) is 16.0. The Morgan fingerprint density at radius 2 is 1.86 bits per heavy atom. The molecule has 0 spiro atoms. The first kappa shape index (κ1) is 16.6. The summed E-state index contributed by atoms with van der Waals surface area (Å²) >= 11 is 1.40. The Bertz CT molecular complexity index is 442. The summed E-state index contributed by atoms with van der Waals surface area (Å²) in [5.41, 5.74) is 0. The first-order valence-corrected chi connectivity index (χ1v) is 8.10. The molecule has 1 fully saturated rings. The van der Waals surface area contributed by atoms with Gasteiger partial charge >= 0.3 is 6.18 Å². The van der Waals surface area contributed by atoms with Crippen LogP contribution in [0.1, 0.15) is 46.5 Å². The zero-order valence-corrected chi connectivity index (χ0v) is 13.3. The number of carbonyl (C=O) groups excluding carboxylic acids is 1. The van der Waals surface area contributed by atoms with Gasteiger partial charge in [-0.1, -0.05) is 25.6 Å². The van der Waals surface area contributed by atoms with Crippen molar-refractivity contribution in [3.63, 3.8) is 0 Å².